The summed E-state index contributed by atoms with van der Waals surface area (Å²) in [6, 6.07) is 10.1. The molecule has 0 spiro atoms. The van der Waals surface area contributed by atoms with E-state index in [1.165, 1.54) is 11.0 Å². The molecule has 0 fully saturated rings. The van der Waals surface area contributed by atoms with Gasteiger partial charge in [0.1, 0.15) is 11.6 Å². The van der Waals surface area contributed by atoms with Crippen molar-refractivity contribution < 1.29 is 9.18 Å². The number of aromatic nitrogens is 1. The number of hydrogen-bond acceptors (Lipinski definition) is 2. The number of rotatable bonds is 4. The lowest BCUT2D eigenvalue weighted by Crippen LogP contribution is -2.27. The Balaban J connectivity index is 2.00. The Morgan fingerprint density at radius 3 is 2.80 bits per heavy atom. The fourth-order valence-electron chi connectivity index (χ4n) is 1.82. The molecule has 0 aliphatic rings. The van der Waals surface area contributed by atoms with Crippen molar-refractivity contribution in [3.8, 4) is 0 Å². The molecule has 0 aliphatic carbocycles. The van der Waals surface area contributed by atoms with Crippen LogP contribution in [0.1, 0.15) is 12.0 Å². The van der Waals surface area contributed by atoms with E-state index in [0.29, 0.717) is 17.8 Å². The minimum atomic E-state index is -0.275. The van der Waals surface area contributed by atoms with Crippen LogP contribution in [0.15, 0.2) is 47.1 Å². The molecule has 20 heavy (non-hydrogen) atoms. The van der Waals surface area contributed by atoms with E-state index in [1.807, 2.05) is 0 Å². The normalized spacial score (nSPS) is 10.3. The van der Waals surface area contributed by atoms with Crippen molar-refractivity contribution in [2.75, 3.05) is 11.9 Å². The number of amides is 1. The molecule has 1 aromatic carbocycles. The average Bonchev–Trinajstić information content (AvgIpc) is 2.45. The van der Waals surface area contributed by atoms with Gasteiger partial charge in [-0.15, -0.1) is 0 Å². The van der Waals surface area contributed by atoms with E-state index in [0.717, 1.165) is 4.47 Å². The van der Waals surface area contributed by atoms with Crippen LogP contribution in [0.5, 0.6) is 0 Å². The smallest absolute Gasteiger partial charge is 0.228 e. The predicted molar refractivity (Wildman–Crippen MR) is 80.1 cm³/mol. The number of carbonyl (C=O) groups is 1. The van der Waals surface area contributed by atoms with Crippen molar-refractivity contribution in [3.05, 3.63) is 58.4 Å². The highest BCUT2D eigenvalue weighted by molar-refractivity contribution is 9.10. The summed E-state index contributed by atoms with van der Waals surface area (Å²) in [5.74, 6) is 0.195. The van der Waals surface area contributed by atoms with E-state index in [1.54, 1.807) is 43.6 Å². The Morgan fingerprint density at radius 2 is 2.10 bits per heavy atom. The fourth-order valence-corrected chi connectivity index (χ4v) is 2.14. The number of halogens is 2. The lowest BCUT2D eigenvalue weighted by atomic mass is 10.1. The first kappa shape index (κ1) is 14.7. The first-order chi connectivity index (χ1) is 9.58. The van der Waals surface area contributed by atoms with Gasteiger partial charge in [0.2, 0.25) is 5.91 Å². The summed E-state index contributed by atoms with van der Waals surface area (Å²) in [6.45, 7) is 0. The molecule has 104 valence electrons. The summed E-state index contributed by atoms with van der Waals surface area (Å²) >= 11 is 3.34. The third-order valence-electron chi connectivity index (χ3n) is 2.99. The van der Waals surface area contributed by atoms with E-state index in [9.17, 15) is 9.18 Å². The van der Waals surface area contributed by atoms with Gasteiger partial charge < -0.3 is 0 Å². The topological polar surface area (TPSA) is 33.2 Å². The SMILES string of the molecule is CN(C(=O)CCc1ccccc1F)c1cc(Br)ccn1. The van der Waals surface area contributed by atoms with Crippen molar-refractivity contribution in [2.24, 2.45) is 0 Å². The minimum Gasteiger partial charge on any atom is -0.300 e. The Hall–Kier alpha value is -1.75. The molecule has 1 heterocycles. The van der Waals surface area contributed by atoms with Gasteiger partial charge in [-0.1, -0.05) is 34.1 Å². The van der Waals surface area contributed by atoms with Crippen LogP contribution < -0.4 is 4.90 Å². The zero-order valence-electron chi connectivity index (χ0n) is 11.0. The largest absolute Gasteiger partial charge is 0.300 e. The van der Waals surface area contributed by atoms with Crippen molar-refractivity contribution in [3.63, 3.8) is 0 Å². The molecule has 5 heteroatoms. The van der Waals surface area contributed by atoms with Crippen LogP contribution in [0.25, 0.3) is 0 Å². The van der Waals surface area contributed by atoms with E-state index < -0.39 is 0 Å². The molecule has 2 aromatic rings. The van der Waals surface area contributed by atoms with Gasteiger partial charge in [-0.2, -0.15) is 0 Å². The third-order valence-corrected chi connectivity index (χ3v) is 3.48. The highest BCUT2D eigenvalue weighted by atomic mass is 79.9. The molecule has 0 atom stereocenters. The number of nitrogens with zero attached hydrogens (tertiary/aromatic N) is 2. The summed E-state index contributed by atoms with van der Waals surface area (Å²) in [6.07, 6.45) is 2.25. The molecule has 0 unspecified atom stereocenters. The quantitative estimate of drug-likeness (QED) is 0.854. The highest BCUT2D eigenvalue weighted by Crippen LogP contribution is 2.17. The van der Waals surface area contributed by atoms with E-state index in [2.05, 4.69) is 20.9 Å². The van der Waals surface area contributed by atoms with Crippen molar-refractivity contribution >= 4 is 27.7 Å². The minimum absolute atomic E-state index is 0.0983. The van der Waals surface area contributed by atoms with Crippen LogP contribution >= 0.6 is 15.9 Å². The second-order valence-electron chi connectivity index (χ2n) is 4.38. The van der Waals surface area contributed by atoms with E-state index >= 15 is 0 Å². The van der Waals surface area contributed by atoms with Crippen LogP contribution in [0.3, 0.4) is 0 Å². The zero-order chi connectivity index (χ0) is 14.5. The molecule has 0 radical (unpaired) electrons. The first-order valence-corrected chi connectivity index (χ1v) is 6.99. The zero-order valence-corrected chi connectivity index (χ0v) is 12.6. The van der Waals surface area contributed by atoms with Crippen LogP contribution in [-0.2, 0) is 11.2 Å². The Kier molecular flexibility index (Phi) is 4.84. The van der Waals surface area contributed by atoms with E-state index in [-0.39, 0.29) is 18.1 Å². The summed E-state index contributed by atoms with van der Waals surface area (Å²) in [4.78, 5) is 17.7. The number of benzene rings is 1. The molecule has 1 amide bonds. The van der Waals surface area contributed by atoms with Crippen LogP contribution in [0.2, 0.25) is 0 Å². The Morgan fingerprint density at radius 1 is 1.35 bits per heavy atom. The van der Waals surface area contributed by atoms with Gasteiger partial charge in [0.05, 0.1) is 0 Å². The fraction of sp³-hybridized carbons (Fsp3) is 0.200. The number of anilines is 1. The number of aryl methyl sites for hydroxylation is 1. The third kappa shape index (κ3) is 3.63. The van der Waals surface area contributed by atoms with Gasteiger partial charge in [-0.25, -0.2) is 9.37 Å². The molecular weight excluding hydrogens is 323 g/mol. The maximum Gasteiger partial charge on any atom is 0.228 e. The van der Waals surface area contributed by atoms with Crippen molar-refractivity contribution in [2.45, 2.75) is 12.8 Å². The van der Waals surface area contributed by atoms with Crippen LogP contribution in [0.4, 0.5) is 10.2 Å². The molecule has 2 rings (SSSR count). The molecule has 1 aromatic heterocycles. The highest BCUT2D eigenvalue weighted by Gasteiger charge is 2.13. The van der Waals surface area contributed by atoms with E-state index in [4.69, 9.17) is 0 Å². The molecule has 0 aliphatic heterocycles. The summed E-state index contributed by atoms with van der Waals surface area (Å²) in [5, 5.41) is 0. The predicted octanol–water partition coefficient (Wildman–Crippen LogP) is 3.58. The van der Waals surface area contributed by atoms with Crippen LogP contribution in [-0.4, -0.2) is 17.9 Å². The lowest BCUT2D eigenvalue weighted by molar-refractivity contribution is -0.118. The molecule has 3 nitrogen and oxygen atoms in total. The first-order valence-electron chi connectivity index (χ1n) is 6.19. The second-order valence-corrected chi connectivity index (χ2v) is 5.29. The molecular formula is C15H14BrFN2O. The average molecular weight is 337 g/mol. The van der Waals surface area contributed by atoms with Gasteiger partial charge in [0.15, 0.2) is 0 Å². The molecule has 0 saturated heterocycles. The molecule has 0 N–H and O–H groups in total. The molecule has 0 bridgehead atoms. The number of carbonyl (C=O) groups excluding carboxylic acids is 1. The lowest BCUT2D eigenvalue weighted by Gasteiger charge is -2.16. The maximum absolute atomic E-state index is 13.5. The summed E-state index contributed by atoms with van der Waals surface area (Å²) in [7, 11) is 1.67. The Labute approximate surface area is 125 Å². The monoisotopic (exact) mass is 336 g/mol. The van der Waals surface area contributed by atoms with Gasteiger partial charge in [0.25, 0.3) is 0 Å². The number of hydrogen-bond donors (Lipinski definition) is 0. The van der Waals surface area contributed by atoms with Crippen molar-refractivity contribution in [1.29, 1.82) is 0 Å². The van der Waals surface area contributed by atoms with Crippen LogP contribution in [0, 0.1) is 5.82 Å². The molecule has 0 saturated carbocycles. The summed E-state index contributed by atoms with van der Waals surface area (Å²) < 4.78 is 14.3. The van der Waals surface area contributed by atoms with Gasteiger partial charge in [-0.05, 0) is 30.2 Å². The standard InChI is InChI=1S/C15H14BrFN2O/c1-19(14-10-12(16)8-9-18-14)15(20)7-6-11-4-2-3-5-13(11)17/h2-5,8-10H,6-7H2,1H3. The second kappa shape index (κ2) is 6.61. The van der Waals surface area contributed by atoms with Gasteiger partial charge >= 0.3 is 0 Å². The van der Waals surface area contributed by atoms with Gasteiger partial charge in [0, 0.05) is 24.1 Å². The Bertz CT molecular complexity index is 618. The maximum atomic E-state index is 13.5. The number of pyridine rings is 1. The van der Waals surface area contributed by atoms with Crippen molar-refractivity contribution in [1.82, 2.24) is 4.98 Å². The van der Waals surface area contributed by atoms with Gasteiger partial charge in [-0.3, -0.25) is 9.69 Å². The summed E-state index contributed by atoms with van der Waals surface area (Å²) in [5.41, 5.74) is 0.552.